The predicted molar refractivity (Wildman–Crippen MR) is 281 cm³/mol. The van der Waals surface area contributed by atoms with Crippen LogP contribution in [0.5, 0.6) is 17.2 Å². The van der Waals surface area contributed by atoms with Gasteiger partial charge in [0.25, 0.3) is 5.91 Å². The van der Waals surface area contributed by atoms with Crippen molar-refractivity contribution in [2.75, 3.05) is 114 Å². The van der Waals surface area contributed by atoms with Gasteiger partial charge < -0.3 is 55.0 Å². The Balaban J connectivity index is 0.695. The molecule has 1 amide bonds. The molecule has 2 aromatic heterocycles. The van der Waals surface area contributed by atoms with Gasteiger partial charge in [0, 0.05) is 71.0 Å². The van der Waals surface area contributed by atoms with Crippen LogP contribution in [0.25, 0.3) is 0 Å². The van der Waals surface area contributed by atoms with Crippen molar-refractivity contribution in [2.45, 2.75) is 39.4 Å². The number of nitrogens with one attached hydrogen (secondary N) is 4. The maximum atomic E-state index is 12.9. The average molecular weight is 1010 g/mol. The zero-order valence-corrected chi connectivity index (χ0v) is 42.2. The van der Waals surface area contributed by atoms with Crippen molar-refractivity contribution < 1.29 is 33.6 Å². The fourth-order valence-corrected chi connectivity index (χ4v) is 8.62. The van der Waals surface area contributed by atoms with E-state index in [0.717, 1.165) is 75.6 Å². The van der Waals surface area contributed by atoms with Gasteiger partial charge in [-0.2, -0.15) is 0 Å². The molecule has 0 bridgehead atoms. The fraction of sp³-hybridized carbons (Fsp3) is 0.396. The molecule has 1 aliphatic rings. The van der Waals surface area contributed by atoms with E-state index in [1.807, 2.05) is 98.8 Å². The monoisotopic (exact) mass is 1010 g/mol. The number of aliphatic hydroxyl groups excluding tert-OH is 1. The number of ether oxygens (including phenoxy) is 5. The van der Waals surface area contributed by atoms with E-state index in [2.05, 4.69) is 53.2 Å². The summed E-state index contributed by atoms with van der Waals surface area (Å²) >= 11 is 7.55. The van der Waals surface area contributed by atoms with Gasteiger partial charge in [-0.3, -0.25) is 9.69 Å². The fourth-order valence-electron chi connectivity index (χ4n) is 7.63. The Bertz CT molecular complexity index is 2500. The molecule has 1 atom stereocenters. The van der Waals surface area contributed by atoms with E-state index >= 15 is 0 Å². The van der Waals surface area contributed by atoms with Crippen LogP contribution in [-0.2, 0) is 22.5 Å². The number of aryl methyl sites for hydroxylation is 3. The molecule has 0 radical (unpaired) electrons. The van der Waals surface area contributed by atoms with E-state index in [1.54, 1.807) is 12.3 Å². The van der Waals surface area contributed by atoms with Crippen LogP contribution in [0, 0.1) is 13.8 Å². The number of anilines is 4. The van der Waals surface area contributed by atoms with Crippen molar-refractivity contribution in [3.05, 3.63) is 142 Å². The number of aromatic nitrogens is 3. The molecular weight excluding hydrogens is 942 g/mol. The lowest BCUT2D eigenvalue weighted by molar-refractivity contribution is 0.0479. The number of hydrogen-bond donors (Lipinski definition) is 5. The van der Waals surface area contributed by atoms with Crippen LogP contribution < -0.4 is 40.4 Å². The second kappa shape index (κ2) is 28.8. The van der Waals surface area contributed by atoms with Gasteiger partial charge in [-0.1, -0.05) is 95.7 Å². The van der Waals surface area contributed by atoms with Gasteiger partial charge >= 0.3 is 0 Å². The van der Waals surface area contributed by atoms with Gasteiger partial charge in [-0.15, -0.1) is 0 Å². The molecule has 378 valence electrons. The molecule has 1 unspecified atom stereocenters. The number of aliphatic hydroxyl groups is 1. The first-order valence-electron chi connectivity index (χ1n) is 24.2. The van der Waals surface area contributed by atoms with Crippen LogP contribution in [0.4, 0.5) is 22.5 Å². The summed E-state index contributed by atoms with van der Waals surface area (Å²) in [7, 11) is 0. The van der Waals surface area contributed by atoms with Gasteiger partial charge in [0.1, 0.15) is 47.4 Å². The predicted octanol–water partition coefficient (Wildman–Crippen LogP) is 7.56. The first-order chi connectivity index (χ1) is 34.8. The highest BCUT2D eigenvalue weighted by molar-refractivity contribution is 7.17. The van der Waals surface area contributed by atoms with Gasteiger partial charge in [0.05, 0.1) is 49.9 Å². The van der Waals surface area contributed by atoms with Crippen molar-refractivity contribution in [1.29, 1.82) is 0 Å². The molecule has 16 nitrogen and oxygen atoms in total. The molecule has 0 spiro atoms. The van der Waals surface area contributed by atoms with E-state index in [-0.39, 0.29) is 12.5 Å². The zero-order valence-electron chi connectivity index (χ0n) is 40.6. The van der Waals surface area contributed by atoms with Gasteiger partial charge in [0.15, 0.2) is 16.6 Å². The normalized spacial score (nSPS) is 13.2. The summed E-state index contributed by atoms with van der Waals surface area (Å²) in [5.41, 5.74) is 3.82. The maximum absolute atomic E-state index is 12.9. The van der Waals surface area contributed by atoms with Crippen LogP contribution >= 0.6 is 22.9 Å². The Morgan fingerprint density at radius 3 is 2.28 bits per heavy atom. The molecule has 1 fully saturated rings. The lowest BCUT2D eigenvalue weighted by Crippen LogP contribution is -2.48. The number of amides is 1. The Labute approximate surface area is 426 Å². The summed E-state index contributed by atoms with van der Waals surface area (Å²) in [6.45, 7) is 14.1. The summed E-state index contributed by atoms with van der Waals surface area (Å²) in [6.07, 6.45) is 2.62. The van der Waals surface area contributed by atoms with Crippen molar-refractivity contribution >= 4 is 51.3 Å². The third kappa shape index (κ3) is 18.0. The Kier molecular flexibility index (Phi) is 21.5. The van der Waals surface area contributed by atoms with Crippen LogP contribution in [0.1, 0.15) is 38.6 Å². The van der Waals surface area contributed by atoms with Crippen LogP contribution in [0.3, 0.4) is 0 Å². The van der Waals surface area contributed by atoms with Crippen molar-refractivity contribution in [3.63, 3.8) is 0 Å². The number of carbonyl (C=O) groups excluding carboxylic acids is 1. The lowest BCUT2D eigenvalue weighted by atomic mass is 10.1. The highest BCUT2D eigenvalue weighted by atomic mass is 35.5. The molecule has 3 heterocycles. The Morgan fingerprint density at radius 1 is 0.775 bits per heavy atom. The van der Waals surface area contributed by atoms with Crippen molar-refractivity contribution in [2.24, 2.45) is 0 Å². The van der Waals surface area contributed by atoms with E-state index in [9.17, 15) is 9.90 Å². The standard InChI is InChI=1S/C53H66ClN9O7S/c1-39-11-9-17-45(54)51(39)61-52(65)48-36-57-53(71-48)60-49-34-50(59-40(2)58-49)63-26-24-62(25-27-63)23-20-55-21-29-66-31-32-67-30-22-56-35-43(64)38-69-44-18-19-46(70-37-42-14-7-4-8-15-42)47(33-44)68-28-10-16-41-12-5-3-6-13-41/h3-9,11-15,17-19,33-34,36,43,55-56,64H,10,16,20-32,35,37-38H2,1-2H3,(H,61,65)(H,57,58,59,60). The summed E-state index contributed by atoms with van der Waals surface area (Å²) in [5.74, 6) is 3.71. The van der Waals surface area contributed by atoms with Crippen LogP contribution in [0.15, 0.2) is 109 Å². The summed E-state index contributed by atoms with van der Waals surface area (Å²) in [6, 6.07) is 33.3. The van der Waals surface area contributed by atoms with Gasteiger partial charge in [0.2, 0.25) is 0 Å². The molecule has 1 aliphatic heterocycles. The van der Waals surface area contributed by atoms with Crippen LogP contribution in [-0.4, -0.2) is 136 Å². The minimum atomic E-state index is -0.702. The number of hydrogen-bond acceptors (Lipinski definition) is 16. The van der Waals surface area contributed by atoms with Crippen LogP contribution in [0.2, 0.25) is 5.02 Å². The number of nitrogens with zero attached hydrogens (tertiary/aromatic N) is 5. The number of benzene rings is 4. The zero-order chi connectivity index (χ0) is 49.5. The SMILES string of the molecule is Cc1nc(Nc2ncc(C(=O)Nc3c(C)cccc3Cl)s2)cc(N2CCN(CCNCCOCCOCCNCC(O)COc3ccc(OCc4ccccc4)c(OCCCc4ccccc4)c3)CC2)n1. The van der Waals surface area contributed by atoms with Gasteiger partial charge in [-0.25, -0.2) is 15.0 Å². The third-order valence-electron chi connectivity index (χ3n) is 11.5. The molecule has 0 aliphatic carbocycles. The molecule has 71 heavy (non-hydrogen) atoms. The number of para-hydroxylation sites is 1. The Hall–Kier alpha value is -5.89. The van der Waals surface area contributed by atoms with E-state index in [0.29, 0.717) is 102 Å². The summed E-state index contributed by atoms with van der Waals surface area (Å²) in [4.78, 5) is 31.8. The van der Waals surface area contributed by atoms with Gasteiger partial charge in [-0.05, 0) is 61.6 Å². The number of carbonyl (C=O) groups is 1. The number of halogens is 1. The molecule has 5 N–H and O–H groups in total. The highest BCUT2D eigenvalue weighted by Gasteiger charge is 2.20. The Morgan fingerprint density at radius 2 is 1.52 bits per heavy atom. The molecular formula is C53H66ClN9O7S. The molecule has 4 aromatic carbocycles. The first-order valence-corrected chi connectivity index (χ1v) is 25.4. The summed E-state index contributed by atoms with van der Waals surface area (Å²) in [5, 5.41) is 24.5. The molecule has 18 heteroatoms. The van der Waals surface area contributed by atoms with E-state index < -0.39 is 6.10 Å². The lowest BCUT2D eigenvalue weighted by Gasteiger charge is -2.35. The number of piperazine rings is 1. The van der Waals surface area contributed by atoms with Crippen molar-refractivity contribution in [1.82, 2.24) is 30.5 Å². The molecule has 7 rings (SSSR count). The maximum Gasteiger partial charge on any atom is 0.267 e. The average Bonchev–Trinajstić information content (AvgIpc) is 3.86. The van der Waals surface area contributed by atoms with Crippen molar-refractivity contribution in [3.8, 4) is 17.2 Å². The molecule has 6 aromatic rings. The first kappa shape index (κ1) is 52.9. The minimum absolute atomic E-state index is 0.127. The third-order valence-corrected chi connectivity index (χ3v) is 12.7. The highest BCUT2D eigenvalue weighted by Crippen LogP contribution is 2.33. The second-order valence-corrected chi connectivity index (χ2v) is 18.4. The van der Waals surface area contributed by atoms with E-state index in [1.165, 1.54) is 16.9 Å². The molecule has 1 saturated heterocycles. The number of thiazole rings is 1. The number of rotatable bonds is 30. The smallest absolute Gasteiger partial charge is 0.267 e. The summed E-state index contributed by atoms with van der Waals surface area (Å²) < 4.78 is 29.7. The largest absolute Gasteiger partial charge is 0.491 e. The molecule has 0 saturated carbocycles. The minimum Gasteiger partial charge on any atom is -0.491 e. The quantitative estimate of drug-likeness (QED) is 0.0279. The second-order valence-electron chi connectivity index (χ2n) is 17.0. The topological polar surface area (TPSA) is 177 Å². The van der Waals surface area contributed by atoms with E-state index in [4.69, 9.17) is 40.3 Å².